The van der Waals surface area contributed by atoms with Gasteiger partial charge in [0.1, 0.15) is 0 Å². The van der Waals surface area contributed by atoms with Gasteiger partial charge in [0, 0.05) is 29.9 Å². The van der Waals surface area contributed by atoms with E-state index in [0.717, 1.165) is 11.3 Å². The summed E-state index contributed by atoms with van der Waals surface area (Å²) in [7, 11) is 0. The molecule has 0 aromatic heterocycles. The number of benzene rings is 2. The summed E-state index contributed by atoms with van der Waals surface area (Å²) in [5.74, 6) is -0.723. The standard InChI is InChI=1S/C21H22N2O3/c1-13-7-8-19(9-14(13)2)23-12-17(11-20(23)25)21(26)22-18-6-4-5-16(10-18)15(3)24/h4-10,17H,11-12H2,1-3H3,(H,22,26). The summed E-state index contributed by atoms with van der Waals surface area (Å²) < 4.78 is 0. The van der Waals surface area contributed by atoms with E-state index >= 15 is 0 Å². The predicted octanol–water partition coefficient (Wildman–Crippen LogP) is 3.50. The zero-order chi connectivity index (χ0) is 18.8. The van der Waals surface area contributed by atoms with Gasteiger partial charge in [0.25, 0.3) is 0 Å². The normalized spacial score (nSPS) is 16.7. The number of ketones is 1. The van der Waals surface area contributed by atoms with Crippen LogP contribution in [-0.4, -0.2) is 24.1 Å². The first-order valence-electron chi connectivity index (χ1n) is 8.64. The third-order valence-corrected chi connectivity index (χ3v) is 4.83. The van der Waals surface area contributed by atoms with Crippen LogP contribution in [0.3, 0.4) is 0 Å². The Labute approximate surface area is 153 Å². The molecule has 0 bridgehead atoms. The van der Waals surface area contributed by atoms with Crippen LogP contribution < -0.4 is 10.2 Å². The molecule has 1 fully saturated rings. The molecule has 2 aromatic carbocycles. The van der Waals surface area contributed by atoms with Crippen LogP contribution in [0, 0.1) is 19.8 Å². The van der Waals surface area contributed by atoms with Crippen LogP contribution >= 0.6 is 0 Å². The molecule has 1 unspecified atom stereocenters. The maximum absolute atomic E-state index is 12.6. The maximum atomic E-state index is 12.6. The van der Waals surface area contributed by atoms with Crippen LogP contribution in [0.25, 0.3) is 0 Å². The average Bonchev–Trinajstić information content (AvgIpc) is 2.99. The van der Waals surface area contributed by atoms with Gasteiger partial charge in [0.15, 0.2) is 5.78 Å². The van der Waals surface area contributed by atoms with Crippen LogP contribution in [0.1, 0.15) is 34.8 Å². The van der Waals surface area contributed by atoms with Gasteiger partial charge in [-0.05, 0) is 56.2 Å². The minimum Gasteiger partial charge on any atom is -0.326 e. The lowest BCUT2D eigenvalue weighted by Gasteiger charge is -2.18. The number of nitrogens with one attached hydrogen (secondary N) is 1. The minimum absolute atomic E-state index is 0.0501. The Morgan fingerprint density at radius 1 is 1.08 bits per heavy atom. The Morgan fingerprint density at radius 2 is 1.85 bits per heavy atom. The zero-order valence-corrected chi connectivity index (χ0v) is 15.2. The van der Waals surface area contributed by atoms with E-state index in [4.69, 9.17) is 0 Å². The second-order valence-corrected chi connectivity index (χ2v) is 6.80. The molecule has 1 atom stereocenters. The lowest BCUT2D eigenvalue weighted by atomic mass is 10.1. The Balaban J connectivity index is 1.71. The first kappa shape index (κ1) is 17.9. The third kappa shape index (κ3) is 3.67. The minimum atomic E-state index is -0.412. The van der Waals surface area contributed by atoms with E-state index in [9.17, 15) is 14.4 Å². The van der Waals surface area contributed by atoms with Gasteiger partial charge < -0.3 is 10.2 Å². The largest absolute Gasteiger partial charge is 0.326 e. The van der Waals surface area contributed by atoms with Crippen molar-refractivity contribution in [2.24, 2.45) is 5.92 Å². The number of nitrogens with zero attached hydrogens (tertiary/aromatic N) is 1. The van der Waals surface area contributed by atoms with E-state index in [1.807, 2.05) is 32.0 Å². The lowest BCUT2D eigenvalue weighted by molar-refractivity contribution is -0.122. The van der Waals surface area contributed by atoms with E-state index in [1.165, 1.54) is 12.5 Å². The highest BCUT2D eigenvalue weighted by Gasteiger charge is 2.35. The molecular formula is C21H22N2O3. The molecule has 26 heavy (non-hydrogen) atoms. The van der Waals surface area contributed by atoms with E-state index in [2.05, 4.69) is 5.32 Å². The fraction of sp³-hybridized carbons (Fsp3) is 0.286. The fourth-order valence-corrected chi connectivity index (χ4v) is 3.09. The Kier molecular flexibility index (Phi) is 4.89. The van der Waals surface area contributed by atoms with Gasteiger partial charge in [-0.25, -0.2) is 0 Å². The van der Waals surface area contributed by atoms with Crippen molar-refractivity contribution in [3.8, 4) is 0 Å². The highest BCUT2D eigenvalue weighted by Crippen LogP contribution is 2.27. The molecule has 1 aliphatic rings. The monoisotopic (exact) mass is 350 g/mol. The second-order valence-electron chi connectivity index (χ2n) is 6.80. The second kappa shape index (κ2) is 7.12. The highest BCUT2D eigenvalue weighted by atomic mass is 16.2. The van der Waals surface area contributed by atoms with E-state index in [1.54, 1.807) is 29.2 Å². The smallest absolute Gasteiger partial charge is 0.229 e. The molecule has 1 aliphatic heterocycles. The predicted molar refractivity (Wildman–Crippen MR) is 101 cm³/mol. The number of Topliss-reactive ketones (excluding diaryl/α,β-unsaturated/α-hetero) is 1. The molecule has 1 heterocycles. The molecule has 0 saturated carbocycles. The quantitative estimate of drug-likeness (QED) is 0.858. The first-order valence-corrected chi connectivity index (χ1v) is 8.64. The summed E-state index contributed by atoms with van der Waals surface area (Å²) >= 11 is 0. The molecule has 1 N–H and O–H groups in total. The summed E-state index contributed by atoms with van der Waals surface area (Å²) in [6.07, 6.45) is 0.186. The van der Waals surface area contributed by atoms with Crippen LogP contribution in [-0.2, 0) is 9.59 Å². The Morgan fingerprint density at radius 3 is 2.54 bits per heavy atom. The summed E-state index contributed by atoms with van der Waals surface area (Å²) in [5, 5.41) is 2.82. The van der Waals surface area contributed by atoms with Crippen LogP contribution in [0.4, 0.5) is 11.4 Å². The molecule has 0 spiro atoms. The average molecular weight is 350 g/mol. The lowest BCUT2D eigenvalue weighted by Crippen LogP contribution is -2.28. The van der Waals surface area contributed by atoms with Crippen molar-refractivity contribution in [2.75, 3.05) is 16.8 Å². The van der Waals surface area contributed by atoms with Crippen molar-refractivity contribution in [3.05, 3.63) is 59.2 Å². The van der Waals surface area contributed by atoms with Gasteiger partial charge in [-0.1, -0.05) is 18.2 Å². The summed E-state index contributed by atoms with van der Waals surface area (Å²) in [6.45, 7) is 5.87. The van der Waals surface area contributed by atoms with E-state index < -0.39 is 5.92 Å². The molecular weight excluding hydrogens is 328 g/mol. The third-order valence-electron chi connectivity index (χ3n) is 4.83. The van der Waals surface area contributed by atoms with Crippen molar-refractivity contribution >= 4 is 29.0 Å². The maximum Gasteiger partial charge on any atom is 0.229 e. The number of anilines is 2. The summed E-state index contributed by atoms with van der Waals surface area (Å²) in [4.78, 5) is 38.1. The number of rotatable bonds is 4. The molecule has 0 radical (unpaired) electrons. The molecule has 0 aliphatic carbocycles. The van der Waals surface area contributed by atoms with Crippen molar-refractivity contribution in [1.29, 1.82) is 0 Å². The van der Waals surface area contributed by atoms with Gasteiger partial charge in [0.2, 0.25) is 11.8 Å². The van der Waals surface area contributed by atoms with Gasteiger partial charge >= 0.3 is 0 Å². The zero-order valence-electron chi connectivity index (χ0n) is 15.2. The van der Waals surface area contributed by atoms with Crippen molar-refractivity contribution in [1.82, 2.24) is 0 Å². The van der Waals surface area contributed by atoms with E-state index in [-0.39, 0.29) is 24.0 Å². The molecule has 5 heteroatoms. The Hall–Kier alpha value is -2.95. The molecule has 2 aromatic rings. The first-order chi connectivity index (χ1) is 12.3. The topological polar surface area (TPSA) is 66.5 Å². The number of hydrogen-bond acceptors (Lipinski definition) is 3. The van der Waals surface area contributed by atoms with Crippen LogP contribution in [0.15, 0.2) is 42.5 Å². The van der Waals surface area contributed by atoms with Crippen LogP contribution in [0.5, 0.6) is 0 Å². The number of amides is 2. The van der Waals surface area contributed by atoms with Gasteiger partial charge in [0.05, 0.1) is 5.92 Å². The summed E-state index contributed by atoms with van der Waals surface area (Å²) in [5.41, 5.74) is 4.22. The van der Waals surface area contributed by atoms with Gasteiger partial charge in [-0.15, -0.1) is 0 Å². The number of aryl methyl sites for hydroxylation is 2. The van der Waals surface area contributed by atoms with Crippen molar-refractivity contribution in [3.63, 3.8) is 0 Å². The fourth-order valence-electron chi connectivity index (χ4n) is 3.09. The molecule has 134 valence electrons. The number of carbonyl (C=O) groups is 3. The number of hydrogen-bond donors (Lipinski definition) is 1. The molecule has 1 saturated heterocycles. The molecule has 2 amide bonds. The van der Waals surface area contributed by atoms with Crippen molar-refractivity contribution in [2.45, 2.75) is 27.2 Å². The van der Waals surface area contributed by atoms with Gasteiger partial charge in [-0.3, -0.25) is 14.4 Å². The molecule has 5 nitrogen and oxygen atoms in total. The Bertz CT molecular complexity index is 889. The van der Waals surface area contributed by atoms with Crippen LogP contribution in [0.2, 0.25) is 0 Å². The molecule has 3 rings (SSSR count). The van der Waals surface area contributed by atoms with Gasteiger partial charge in [-0.2, -0.15) is 0 Å². The van der Waals surface area contributed by atoms with E-state index in [0.29, 0.717) is 17.8 Å². The summed E-state index contributed by atoms with van der Waals surface area (Å²) in [6, 6.07) is 12.7. The highest BCUT2D eigenvalue weighted by molar-refractivity contribution is 6.04. The van der Waals surface area contributed by atoms with Crippen molar-refractivity contribution < 1.29 is 14.4 Å². The SMILES string of the molecule is CC(=O)c1cccc(NC(=O)C2CC(=O)N(c3ccc(C)c(C)c3)C2)c1. The number of carbonyl (C=O) groups excluding carboxylic acids is 3.